The minimum Gasteiger partial charge on any atom is -0.347 e. The number of hydrogen-bond acceptors (Lipinski definition) is 1. The van der Waals surface area contributed by atoms with Crippen molar-refractivity contribution in [3.05, 3.63) is 72.2 Å². The van der Waals surface area contributed by atoms with Gasteiger partial charge in [-0.3, -0.25) is 0 Å². The van der Waals surface area contributed by atoms with Crippen LogP contribution in [0.1, 0.15) is 12.0 Å². The molecule has 2 nitrogen and oxygen atoms in total. The van der Waals surface area contributed by atoms with Gasteiger partial charge in [0, 0.05) is 24.8 Å². The van der Waals surface area contributed by atoms with Gasteiger partial charge in [-0.2, -0.15) is 0 Å². The molecule has 0 saturated heterocycles. The standard InChI is InChI=1S/C18H19FN2/c19-17-8-6-15(7-9-17)14-20-11-3-12-21-13-10-16-4-1-2-5-18(16)21/h1-2,4-10,13,20H,3,11-12,14H2. The van der Waals surface area contributed by atoms with Crippen LogP contribution in [-0.2, 0) is 13.1 Å². The van der Waals surface area contributed by atoms with Gasteiger partial charge in [0.2, 0.25) is 0 Å². The van der Waals surface area contributed by atoms with Crippen LogP contribution in [-0.4, -0.2) is 11.1 Å². The Kier molecular flexibility index (Phi) is 4.31. The zero-order valence-electron chi connectivity index (χ0n) is 11.9. The van der Waals surface area contributed by atoms with Gasteiger partial charge < -0.3 is 9.88 Å². The van der Waals surface area contributed by atoms with Crippen LogP contribution in [0.3, 0.4) is 0 Å². The maximum absolute atomic E-state index is 12.8. The lowest BCUT2D eigenvalue weighted by Gasteiger charge is -2.07. The number of rotatable bonds is 6. The van der Waals surface area contributed by atoms with Gasteiger partial charge in [0.15, 0.2) is 0 Å². The summed E-state index contributed by atoms with van der Waals surface area (Å²) in [6.45, 7) is 2.74. The molecule has 2 aromatic carbocycles. The van der Waals surface area contributed by atoms with Gasteiger partial charge in [-0.15, -0.1) is 0 Å². The molecule has 108 valence electrons. The molecule has 0 amide bonds. The third kappa shape index (κ3) is 3.50. The monoisotopic (exact) mass is 282 g/mol. The molecule has 0 bridgehead atoms. The van der Waals surface area contributed by atoms with Crippen LogP contribution in [0.5, 0.6) is 0 Å². The van der Waals surface area contributed by atoms with Crippen LogP contribution in [0.2, 0.25) is 0 Å². The Bertz CT molecular complexity index is 701. The van der Waals surface area contributed by atoms with E-state index in [1.807, 2.05) is 12.1 Å². The number of nitrogens with zero attached hydrogens (tertiary/aromatic N) is 1. The molecule has 0 saturated carbocycles. The van der Waals surface area contributed by atoms with Gasteiger partial charge in [0.1, 0.15) is 5.82 Å². The van der Waals surface area contributed by atoms with Crippen LogP contribution in [0.15, 0.2) is 60.8 Å². The number of benzene rings is 2. The van der Waals surface area contributed by atoms with E-state index in [1.54, 1.807) is 0 Å². The first kappa shape index (κ1) is 13.8. The van der Waals surface area contributed by atoms with Crippen molar-refractivity contribution in [2.75, 3.05) is 6.54 Å². The predicted molar refractivity (Wildman–Crippen MR) is 84.7 cm³/mol. The zero-order valence-corrected chi connectivity index (χ0v) is 11.9. The highest BCUT2D eigenvalue weighted by atomic mass is 19.1. The van der Waals surface area contributed by atoms with Crippen LogP contribution in [0.25, 0.3) is 10.9 Å². The van der Waals surface area contributed by atoms with Gasteiger partial charge in [0.25, 0.3) is 0 Å². The van der Waals surface area contributed by atoms with Crippen molar-refractivity contribution in [3.8, 4) is 0 Å². The Balaban J connectivity index is 1.45. The number of aromatic nitrogens is 1. The summed E-state index contributed by atoms with van der Waals surface area (Å²) < 4.78 is 15.1. The Morgan fingerprint density at radius 3 is 2.62 bits per heavy atom. The third-order valence-electron chi connectivity index (χ3n) is 3.68. The van der Waals surface area contributed by atoms with Crippen molar-refractivity contribution in [1.29, 1.82) is 0 Å². The van der Waals surface area contributed by atoms with Gasteiger partial charge >= 0.3 is 0 Å². The average Bonchev–Trinajstić information content (AvgIpc) is 2.92. The Labute approximate surface area is 124 Å². The van der Waals surface area contributed by atoms with Crippen LogP contribution < -0.4 is 5.32 Å². The first-order chi connectivity index (χ1) is 10.3. The minimum atomic E-state index is -0.182. The molecule has 1 aromatic heterocycles. The average molecular weight is 282 g/mol. The fourth-order valence-corrected chi connectivity index (χ4v) is 2.54. The Hall–Kier alpha value is -2.13. The lowest BCUT2D eigenvalue weighted by atomic mass is 10.2. The molecule has 0 fully saturated rings. The molecule has 0 aliphatic carbocycles. The molecule has 1 heterocycles. The van der Waals surface area contributed by atoms with E-state index in [0.29, 0.717) is 0 Å². The van der Waals surface area contributed by atoms with E-state index in [1.165, 1.54) is 23.0 Å². The van der Waals surface area contributed by atoms with E-state index in [4.69, 9.17) is 0 Å². The number of fused-ring (bicyclic) bond motifs is 1. The van der Waals surface area contributed by atoms with E-state index in [-0.39, 0.29) is 5.82 Å². The summed E-state index contributed by atoms with van der Waals surface area (Å²) in [5.74, 6) is -0.182. The number of halogens is 1. The Morgan fingerprint density at radius 1 is 0.952 bits per heavy atom. The van der Waals surface area contributed by atoms with Gasteiger partial charge in [-0.1, -0.05) is 30.3 Å². The minimum absolute atomic E-state index is 0.182. The molecule has 3 rings (SSSR count). The molecule has 0 aliphatic rings. The summed E-state index contributed by atoms with van der Waals surface area (Å²) in [5, 5.41) is 4.68. The third-order valence-corrected chi connectivity index (χ3v) is 3.68. The first-order valence-corrected chi connectivity index (χ1v) is 7.32. The summed E-state index contributed by atoms with van der Waals surface area (Å²) in [7, 11) is 0. The SMILES string of the molecule is Fc1ccc(CNCCCn2ccc3ccccc32)cc1. The molecular formula is C18H19FN2. The number of aryl methyl sites for hydroxylation is 1. The van der Waals surface area contributed by atoms with Crippen molar-refractivity contribution < 1.29 is 4.39 Å². The molecule has 1 N–H and O–H groups in total. The summed E-state index contributed by atoms with van der Waals surface area (Å²) in [6, 6.07) is 17.2. The lowest BCUT2D eigenvalue weighted by molar-refractivity contribution is 0.589. The summed E-state index contributed by atoms with van der Waals surface area (Å²) in [5.41, 5.74) is 2.40. The highest BCUT2D eigenvalue weighted by Crippen LogP contribution is 2.15. The highest BCUT2D eigenvalue weighted by molar-refractivity contribution is 5.79. The smallest absolute Gasteiger partial charge is 0.123 e. The molecular weight excluding hydrogens is 263 g/mol. The quantitative estimate of drug-likeness (QED) is 0.677. The molecule has 3 heteroatoms. The van der Waals surface area contributed by atoms with E-state index >= 15 is 0 Å². The van der Waals surface area contributed by atoms with E-state index in [0.717, 1.165) is 31.6 Å². The largest absolute Gasteiger partial charge is 0.347 e. The van der Waals surface area contributed by atoms with E-state index in [2.05, 4.69) is 46.4 Å². The second-order valence-electron chi connectivity index (χ2n) is 5.22. The highest BCUT2D eigenvalue weighted by Gasteiger charge is 1.99. The molecule has 0 spiro atoms. The van der Waals surface area contributed by atoms with Gasteiger partial charge in [0.05, 0.1) is 0 Å². The first-order valence-electron chi connectivity index (χ1n) is 7.32. The van der Waals surface area contributed by atoms with Crippen LogP contribution >= 0.6 is 0 Å². The van der Waals surface area contributed by atoms with Gasteiger partial charge in [-0.05, 0) is 48.2 Å². The van der Waals surface area contributed by atoms with Crippen molar-refractivity contribution >= 4 is 10.9 Å². The fourth-order valence-electron chi connectivity index (χ4n) is 2.54. The number of para-hydroxylation sites is 1. The second-order valence-corrected chi connectivity index (χ2v) is 5.22. The molecule has 0 unspecified atom stereocenters. The summed E-state index contributed by atoms with van der Waals surface area (Å²) >= 11 is 0. The normalized spacial score (nSPS) is 11.1. The van der Waals surface area contributed by atoms with E-state index < -0.39 is 0 Å². The zero-order chi connectivity index (χ0) is 14.5. The van der Waals surface area contributed by atoms with Crippen molar-refractivity contribution in [3.63, 3.8) is 0 Å². The van der Waals surface area contributed by atoms with Crippen LogP contribution in [0.4, 0.5) is 4.39 Å². The molecule has 3 aromatic rings. The topological polar surface area (TPSA) is 17.0 Å². The number of hydrogen-bond donors (Lipinski definition) is 1. The Morgan fingerprint density at radius 2 is 1.76 bits per heavy atom. The molecule has 0 aliphatic heterocycles. The van der Waals surface area contributed by atoms with Crippen molar-refractivity contribution in [2.24, 2.45) is 0 Å². The van der Waals surface area contributed by atoms with Gasteiger partial charge in [-0.25, -0.2) is 4.39 Å². The molecule has 0 radical (unpaired) electrons. The fraction of sp³-hybridized carbons (Fsp3) is 0.222. The van der Waals surface area contributed by atoms with Crippen molar-refractivity contribution in [2.45, 2.75) is 19.5 Å². The second kappa shape index (κ2) is 6.55. The van der Waals surface area contributed by atoms with Crippen molar-refractivity contribution in [1.82, 2.24) is 9.88 Å². The van der Waals surface area contributed by atoms with E-state index in [9.17, 15) is 4.39 Å². The summed E-state index contributed by atoms with van der Waals surface area (Å²) in [6.07, 6.45) is 3.21. The number of nitrogens with one attached hydrogen (secondary N) is 1. The van der Waals surface area contributed by atoms with Crippen LogP contribution in [0, 0.1) is 5.82 Å². The molecule has 0 atom stereocenters. The predicted octanol–water partition coefficient (Wildman–Crippen LogP) is 3.96. The lowest BCUT2D eigenvalue weighted by Crippen LogP contribution is -2.16. The maximum atomic E-state index is 12.8. The molecule has 21 heavy (non-hydrogen) atoms. The maximum Gasteiger partial charge on any atom is 0.123 e. The summed E-state index contributed by atoms with van der Waals surface area (Å²) in [4.78, 5) is 0.